The van der Waals surface area contributed by atoms with Crippen LogP contribution in [0.3, 0.4) is 0 Å². The summed E-state index contributed by atoms with van der Waals surface area (Å²) in [5, 5.41) is 4.18. The predicted octanol–water partition coefficient (Wildman–Crippen LogP) is 4.48. The van der Waals surface area contributed by atoms with Gasteiger partial charge < -0.3 is 15.0 Å². The second-order valence-electron chi connectivity index (χ2n) is 8.99. The summed E-state index contributed by atoms with van der Waals surface area (Å²) in [6, 6.07) is 9.03. The van der Waals surface area contributed by atoms with Crippen LogP contribution in [0.25, 0.3) is 10.9 Å². The van der Waals surface area contributed by atoms with E-state index in [1.807, 2.05) is 23.1 Å². The van der Waals surface area contributed by atoms with Gasteiger partial charge in [0.1, 0.15) is 18.0 Å². The van der Waals surface area contributed by atoms with Crippen molar-refractivity contribution in [2.45, 2.75) is 37.4 Å². The minimum absolute atomic E-state index is 0.122. The third kappa shape index (κ3) is 4.59. The van der Waals surface area contributed by atoms with E-state index >= 15 is 4.39 Å². The number of nitrogens with zero attached hydrogens (tertiary/aromatic N) is 2. The Kier molecular flexibility index (Phi) is 6.29. The average Bonchev–Trinajstić information content (AvgIpc) is 3.42. The summed E-state index contributed by atoms with van der Waals surface area (Å²) in [4.78, 5) is 9.88. The second-order valence-corrected chi connectivity index (χ2v) is 8.99. The largest absolute Gasteiger partial charge is 0.489 e. The molecule has 2 aromatic heterocycles. The Morgan fingerprint density at radius 3 is 2.88 bits per heavy atom. The van der Waals surface area contributed by atoms with Crippen LogP contribution in [0, 0.1) is 5.82 Å². The summed E-state index contributed by atoms with van der Waals surface area (Å²) in [5.41, 5.74) is 2.05. The first-order valence-corrected chi connectivity index (χ1v) is 11.7. The highest BCUT2D eigenvalue weighted by atomic mass is 19.1. The fourth-order valence-corrected chi connectivity index (χ4v) is 4.72. The van der Waals surface area contributed by atoms with Crippen molar-refractivity contribution in [3.05, 3.63) is 59.3 Å². The summed E-state index contributed by atoms with van der Waals surface area (Å²) < 4.78 is 48.3. The molecule has 0 bridgehead atoms. The Labute approximate surface area is 191 Å². The van der Waals surface area contributed by atoms with Crippen LogP contribution in [-0.2, 0) is 6.42 Å². The third-order valence-electron chi connectivity index (χ3n) is 6.58. The van der Waals surface area contributed by atoms with Crippen LogP contribution in [0.4, 0.5) is 13.2 Å². The maximum absolute atomic E-state index is 15.7. The number of H-pyrrole nitrogens is 1. The molecule has 1 aromatic carbocycles. The molecule has 3 heterocycles. The highest BCUT2D eigenvalue weighted by Gasteiger charge is 2.47. The molecule has 176 valence electrons. The van der Waals surface area contributed by atoms with Crippen LogP contribution in [0.5, 0.6) is 5.75 Å². The molecule has 2 aliphatic rings. The predicted molar refractivity (Wildman–Crippen MR) is 122 cm³/mol. The highest BCUT2D eigenvalue weighted by Crippen LogP contribution is 2.45. The SMILES string of the molecule is FCCCNCCOc1ccnc([C@@H]2c3[nH]c4ccccc4c3CCN2CC2(F)CC2)c1F. The molecule has 1 saturated carbocycles. The van der Waals surface area contributed by atoms with Gasteiger partial charge in [-0.1, -0.05) is 18.2 Å². The molecule has 0 amide bonds. The van der Waals surface area contributed by atoms with Gasteiger partial charge in [-0.05, 0) is 43.9 Å². The Morgan fingerprint density at radius 1 is 1.21 bits per heavy atom. The first-order valence-electron chi connectivity index (χ1n) is 11.7. The van der Waals surface area contributed by atoms with Crippen LogP contribution in [0.15, 0.2) is 36.5 Å². The third-order valence-corrected chi connectivity index (χ3v) is 6.58. The minimum atomic E-state index is -1.20. The maximum Gasteiger partial charge on any atom is 0.188 e. The van der Waals surface area contributed by atoms with E-state index < -0.39 is 17.5 Å². The van der Waals surface area contributed by atoms with Crippen LogP contribution < -0.4 is 10.1 Å². The molecule has 1 fully saturated rings. The zero-order valence-electron chi connectivity index (χ0n) is 18.5. The van der Waals surface area contributed by atoms with Gasteiger partial charge in [0.2, 0.25) is 0 Å². The lowest BCUT2D eigenvalue weighted by Crippen LogP contribution is -2.41. The minimum Gasteiger partial charge on any atom is -0.489 e. The topological polar surface area (TPSA) is 53.2 Å². The molecule has 2 N–H and O–H groups in total. The molecule has 8 heteroatoms. The number of hydrogen-bond donors (Lipinski definition) is 2. The van der Waals surface area contributed by atoms with E-state index in [1.54, 1.807) is 6.20 Å². The highest BCUT2D eigenvalue weighted by molar-refractivity contribution is 5.85. The second kappa shape index (κ2) is 9.35. The summed E-state index contributed by atoms with van der Waals surface area (Å²) in [6.45, 7) is 1.82. The first-order chi connectivity index (χ1) is 16.1. The summed E-state index contributed by atoms with van der Waals surface area (Å²) in [5.74, 6) is -0.400. The van der Waals surface area contributed by atoms with E-state index in [1.165, 1.54) is 6.07 Å². The average molecular weight is 459 g/mol. The van der Waals surface area contributed by atoms with Gasteiger partial charge in [-0.25, -0.2) is 8.78 Å². The molecule has 1 aliphatic heterocycles. The van der Waals surface area contributed by atoms with Crippen molar-refractivity contribution in [3.63, 3.8) is 0 Å². The molecule has 0 saturated heterocycles. The van der Waals surface area contributed by atoms with Crippen LogP contribution in [0.1, 0.15) is 42.3 Å². The van der Waals surface area contributed by atoms with Gasteiger partial charge >= 0.3 is 0 Å². The van der Waals surface area contributed by atoms with E-state index in [0.717, 1.165) is 28.6 Å². The quantitative estimate of drug-likeness (QED) is 0.440. The smallest absolute Gasteiger partial charge is 0.188 e. The molecular formula is C25H29F3N4O. The number of fused-ring (bicyclic) bond motifs is 3. The lowest BCUT2D eigenvalue weighted by Gasteiger charge is -2.36. The van der Waals surface area contributed by atoms with Crippen LogP contribution in [-0.4, -0.2) is 60.0 Å². The van der Waals surface area contributed by atoms with Crippen LogP contribution in [0.2, 0.25) is 0 Å². The number of hydrogen-bond acceptors (Lipinski definition) is 4. The van der Waals surface area contributed by atoms with Gasteiger partial charge in [-0.2, -0.15) is 0 Å². The zero-order valence-corrected chi connectivity index (χ0v) is 18.5. The fraction of sp³-hybridized carbons (Fsp3) is 0.480. The van der Waals surface area contributed by atoms with Crippen molar-refractivity contribution < 1.29 is 17.9 Å². The summed E-state index contributed by atoms with van der Waals surface area (Å²) >= 11 is 0. The lowest BCUT2D eigenvalue weighted by molar-refractivity contribution is 0.134. The molecule has 5 nitrogen and oxygen atoms in total. The maximum atomic E-state index is 15.7. The fourth-order valence-electron chi connectivity index (χ4n) is 4.72. The van der Waals surface area contributed by atoms with Crippen molar-refractivity contribution in [2.75, 3.05) is 39.5 Å². The molecule has 33 heavy (non-hydrogen) atoms. The number of aromatic nitrogens is 2. The first kappa shape index (κ1) is 22.2. The van der Waals surface area contributed by atoms with E-state index in [0.29, 0.717) is 38.9 Å². The van der Waals surface area contributed by atoms with Gasteiger partial charge in [0, 0.05) is 48.5 Å². The van der Waals surface area contributed by atoms with Crippen molar-refractivity contribution in [3.8, 4) is 5.75 Å². The van der Waals surface area contributed by atoms with E-state index in [4.69, 9.17) is 4.74 Å². The number of nitrogens with one attached hydrogen (secondary N) is 2. The Hall–Kier alpha value is -2.58. The number of ether oxygens (including phenoxy) is 1. The molecule has 5 rings (SSSR count). The normalized spacial score (nSPS) is 19.5. The van der Waals surface area contributed by atoms with Gasteiger partial charge in [0.05, 0.1) is 12.7 Å². The molecular weight excluding hydrogens is 429 g/mol. The van der Waals surface area contributed by atoms with E-state index in [2.05, 4.69) is 21.4 Å². The molecule has 3 aromatic rings. The van der Waals surface area contributed by atoms with Crippen LogP contribution >= 0.6 is 0 Å². The Morgan fingerprint density at radius 2 is 2.06 bits per heavy atom. The Bertz CT molecular complexity index is 1110. The van der Waals surface area contributed by atoms with E-state index in [-0.39, 0.29) is 31.3 Å². The number of para-hydroxylation sites is 1. The van der Waals surface area contributed by atoms with Crippen molar-refractivity contribution in [2.24, 2.45) is 0 Å². The lowest BCUT2D eigenvalue weighted by atomic mass is 9.94. The van der Waals surface area contributed by atoms with Crippen molar-refractivity contribution >= 4 is 10.9 Å². The standard InChI is InChI=1S/C25H29F3N4O/c26-10-3-11-29-13-15-33-20-6-12-30-23(21(20)27)24-22-18(17-4-1-2-5-19(17)31-22)7-14-32(24)16-25(28)8-9-25/h1-2,4-6,12,24,29,31H,3,7-11,13-16H2/t24-/m0/s1. The Balaban J connectivity index is 1.45. The van der Waals surface area contributed by atoms with Crippen molar-refractivity contribution in [1.29, 1.82) is 0 Å². The van der Waals surface area contributed by atoms with Gasteiger partial charge in [-0.15, -0.1) is 0 Å². The zero-order chi connectivity index (χ0) is 22.8. The number of aromatic amines is 1. The van der Waals surface area contributed by atoms with Gasteiger partial charge in [0.25, 0.3) is 0 Å². The van der Waals surface area contributed by atoms with Crippen molar-refractivity contribution in [1.82, 2.24) is 20.2 Å². The number of alkyl halides is 2. The summed E-state index contributed by atoms with van der Waals surface area (Å²) in [6.07, 6.45) is 3.85. The number of benzene rings is 1. The van der Waals surface area contributed by atoms with E-state index in [9.17, 15) is 8.78 Å². The molecule has 0 spiro atoms. The molecule has 1 aliphatic carbocycles. The molecule has 1 atom stereocenters. The molecule has 0 unspecified atom stereocenters. The van der Waals surface area contributed by atoms with Gasteiger partial charge in [0.15, 0.2) is 11.6 Å². The summed E-state index contributed by atoms with van der Waals surface area (Å²) in [7, 11) is 0. The van der Waals surface area contributed by atoms with Gasteiger partial charge in [-0.3, -0.25) is 14.3 Å². The monoisotopic (exact) mass is 458 g/mol. The number of rotatable bonds is 10. The molecule has 0 radical (unpaired) electrons. The number of halogens is 3. The number of pyridine rings is 1.